The second-order valence-corrected chi connectivity index (χ2v) is 5.26. The van der Waals surface area contributed by atoms with Crippen LogP contribution in [-0.4, -0.2) is 13.6 Å². The van der Waals surface area contributed by atoms with E-state index in [-0.39, 0.29) is 11.9 Å². The molecule has 2 rings (SSSR count). The van der Waals surface area contributed by atoms with E-state index in [1.54, 1.807) is 12.1 Å². The Bertz CT molecular complexity index is 558. The van der Waals surface area contributed by atoms with E-state index in [1.807, 2.05) is 7.05 Å². The van der Waals surface area contributed by atoms with E-state index in [4.69, 9.17) is 5.73 Å². The number of rotatable bonds is 4. The lowest BCUT2D eigenvalue weighted by Gasteiger charge is -2.30. The van der Waals surface area contributed by atoms with Crippen molar-refractivity contribution in [3.8, 4) is 0 Å². The first-order valence-corrected chi connectivity index (χ1v) is 6.78. The molecule has 0 aromatic heterocycles. The summed E-state index contributed by atoms with van der Waals surface area (Å²) < 4.78 is 13.0. The van der Waals surface area contributed by atoms with E-state index < -0.39 is 0 Å². The van der Waals surface area contributed by atoms with E-state index in [2.05, 4.69) is 36.9 Å². The predicted molar refractivity (Wildman–Crippen MR) is 82.5 cm³/mol. The molecule has 2 aromatic rings. The molecule has 2 aromatic carbocycles. The summed E-state index contributed by atoms with van der Waals surface area (Å²) >= 11 is 0. The molecule has 2 nitrogen and oxygen atoms in total. The van der Waals surface area contributed by atoms with E-state index in [0.29, 0.717) is 6.54 Å². The molecule has 0 heterocycles. The van der Waals surface area contributed by atoms with Crippen LogP contribution in [0.2, 0.25) is 0 Å². The maximum absolute atomic E-state index is 13.0. The number of anilines is 1. The average molecular weight is 272 g/mol. The van der Waals surface area contributed by atoms with Crippen molar-refractivity contribution in [3.63, 3.8) is 0 Å². The zero-order valence-electron chi connectivity index (χ0n) is 12.2. The van der Waals surface area contributed by atoms with Gasteiger partial charge in [0.25, 0.3) is 0 Å². The van der Waals surface area contributed by atoms with Gasteiger partial charge in [0.1, 0.15) is 5.82 Å². The standard InChI is InChI=1S/C17H21FN2/c1-12-8-13(2)10-16(9-12)20(3)17(11-19)14-4-6-15(18)7-5-14/h4-10,17H,11,19H2,1-3H3. The minimum Gasteiger partial charge on any atom is -0.366 e. The van der Waals surface area contributed by atoms with Crippen LogP contribution in [0.1, 0.15) is 22.7 Å². The highest BCUT2D eigenvalue weighted by atomic mass is 19.1. The zero-order chi connectivity index (χ0) is 14.7. The number of nitrogens with zero attached hydrogens (tertiary/aromatic N) is 1. The number of aryl methyl sites for hydroxylation is 2. The summed E-state index contributed by atoms with van der Waals surface area (Å²) in [6.45, 7) is 4.65. The Morgan fingerprint density at radius 1 is 1.05 bits per heavy atom. The highest BCUT2D eigenvalue weighted by Gasteiger charge is 2.16. The summed E-state index contributed by atoms with van der Waals surface area (Å²) in [5.41, 5.74) is 10.5. The summed E-state index contributed by atoms with van der Waals surface area (Å²) in [5.74, 6) is -0.224. The molecule has 0 bridgehead atoms. The molecule has 3 heteroatoms. The van der Waals surface area contributed by atoms with Gasteiger partial charge in [0.15, 0.2) is 0 Å². The number of benzene rings is 2. The smallest absolute Gasteiger partial charge is 0.123 e. The molecule has 0 spiro atoms. The number of likely N-dealkylation sites (N-methyl/N-ethyl adjacent to an activating group) is 1. The van der Waals surface area contributed by atoms with Gasteiger partial charge in [-0.2, -0.15) is 0 Å². The van der Waals surface area contributed by atoms with Crippen LogP contribution in [-0.2, 0) is 0 Å². The van der Waals surface area contributed by atoms with Crippen LogP contribution in [0.4, 0.5) is 10.1 Å². The fourth-order valence-electron chi connectivity index (χ4n) is 2.54. The fourth-order valence-corrected chi connectivity index (χ4v) is 2.54. The van der Waals surface area contributed by atoms with Crippen molar-refractivity contribution >= 4 is 5.69 Å². The number of hydrogen-bond donors (Lipinski definition) is 1. The molecular formula is C17H21FN2. The Kier molecular flexibility index (Phi) is 4.40. The van der Waals surface area contributed by atoms with Crippen LogP contribution >= 0.6 is 0 Å². The van der Waals surface area contributed by atoms with Crippen molar-refractivity contribution in [1.82, 2.24) is 0 Å². The molecule has 2 N–H and O–H groups in total. The van der Waals surface area contributed by atoms with Crippen molar-refractivity contribution in [2.24, 2.45) is 5.73 Å². The molecular weight excluding hydrogens is 251 g/mol. The van der Waals surface area contributed by atoms with E-state index in [1.165, 1.54) is 23.3 Å². The van der Waals surface area contributed by atoms with Crippen molar-refractivity contribution < 1.29 is 4.39 Å². The van der Waals surface area contributed by atoms with Gasteiger partial charge in [-0.25, -0.2) is 4.39 Å². The van der Waals surface area contributed by atoms with Gasteiger partial charge in [-0.1, -0.05) is 18.2 Å². The van der Waals surface area contributed by atoms with Crippen molar-refractivity contribution in [2.75, 3.05) is 18.5 Å². The quantitative estimate of drug-likeness (QED) is 0.921. The number of halogens is 1. The first-order valence-electron chi connectivity index (χ1n) is 6.78. The molecule has 20 heavy (non-hydrogen) atoms. The first kappa shape index (κ1) is 14.5. The normalized spacial score (nSPS) is 12.2. The average Bonchev–Trinajstić information content (AvgIpc) is 2.40. The number of hydrogen-bond acceptors (Lipinski definition) is 2. The van der Waals surface area contributed by atoms with Crippen molar-refractivity contribution in [1.29, 1.82) is 0 Å². The topological polar surface area (TPSA) is 29.3 Å². The maximum atomic E-state index is 13.0. The summed E-state index contributed by atoms with van der Waals surface area (Å²) in [6, 6.07) is 13.0. The van der Waals surface area contributed by atoms with E-state index >= 15 is 0 Å². The molecule has 0 saturated heterocycles. The predicted octanol–water partition coefficient (Wildman–Crippen LogP) is 3.58. The lowest BCUT2D eigenvalue weighted by Crippen LogP contribution is -2.30. The minimum absolute atomic E-state index is 0.0387. The van der Waals surface area contributed by atoms with Gasteiger partial charge in [0.05, 0.1) is 6.04 Å². The monoisotopic (exact) mass is 272 g/mol. The van der Waals surface area contributed by atoms with Crippen LogP contribution in [0.3, 0.4) is 0 Å². The fraction of sp³-hybridized carbons (Fsp3) is 0.294. The molecule has 106 valence electrons. The Morgan fingerprint density at radius 2 is 1.60 bits per heavy atom. The Labute approximate surface area is 120 Å². The maximum Gasteiger partial charge on any atom is 0.123 e. The molecule has 0 fully saturated rings. The first-order chi connectivity index (χ1) is 9.51. The molecule has 0 radical (unpaired) electrons. The summed E-state index contributed by atoms with van der Waals surface area (Å²) in [6.07, 6.45) is 0. The van der Waals surface area contributed by atoms with E-state index in [9.17, 15) is 4.39 Å². The molecule has 1 unspecified atom stereocenters. The van der Waals surface area contributed by atoms with Gasteiger partial charge < -0.3 is 10.6 Å². The van der Waals surface area contributed by atoms with Crippen LogP contribution in [0.5, 0.6) is 0 Å². The van der Waals surface area contributed by atoms with E-state index in [0.717, 1.165) is 11.3 Å². The molecule has 0 saturated carbocycles. The van der Waals surface area contributed by atoms with Gasteiger partial charge in [-0.15, -0.1) is 0 Å². The Balaban J connectivity index is 2.33. The van der Waals surface area contributed by atoms with Crippen LogP contribution in [0.15, 0.2) is 42.5 Å². The van der Waals surface area contributed by atoms with Gasteiger partial charge in [0, 0.05) is 19.3 Å². The third-order valence-electron chi connectivity index (χ3n) is 3.56. The van der Waals surface area contributed by atoms with Gasteiger partial charge in [-0.05, 0) is 54.8 Å². The largest absolute Gasteiger partial charge is 0.366 e. The highest BCUT2D eigenvalue weighted by molar-refractivity contribution is 5.52. The molecule has 0 amide bonds. The second-order valence-electron chi connectivity index (χ2n) is 5.26. The zero-order valence-corrected chi connectivity index (χ0v) is 12.2. The summed E-state index contributed by atoms with van der Waals surface area (Å²) in [4.78, 5) is 2.15. The van der Waals surface area contributed by atoms with Gasteiger partial charge in [0.2, 0.25) is 0 Å². The third-order valence-corrected chi connectivity index (χ3v) is 3.56. The van der Waals surface area contributed by atoms with Crippen LogP contribution < -0.4 is 10.6 Å². The lowest BCUT2D eigenvalue weighted by atomic mass is 10.0. The molecule has 0 aliphatic carbocycles. The van der Waals surface area contributed by atoms with Crippen LogP contribution in [0, 0.1) is 19.7 Å². The summed E-state index contributed by atoms with van der Waals surface area (Å²) in [7, 11) is 2.02. The highest BCUT2D eigenvalue weighted by Crippen LogP contribution is 2.26. The van der Waals surface area contributed by atoms with Gasteiger partial charge in [-0.3, -0.25) is 0 Å². The Morgan fingerprint density at radius 3 is 2.10 bits per heavy atom. The Hall–Kier alpha value is -1.87. The molecule has 0 aliphatic rings. The molecule has 0 aliphatic heterocycles. The van der Waals surface area contributed by atoms with Crippen molar-refractivity contribution in [3.05, 3.63) is 65.0 Å². The summed E-state index contributed by atoms with van der Waals surface area (Å²) in [5, 5.41) is 0. The lowest BCUT2D eigenvalue weighted by molar-refractivity contribution is 0.622. The third kappa shape index (κ3) is 3.17. The molecule has 1 atom stereocenters. The van der Waals surface area contributed by atoms with Crippen molar-refractivity contribution in [2.45, 2.75) is 19.9 Å². The van der Waals surface area contributed by atoms with Gasteiger partial charge >= 0.3 is 0 Å². The SMILES string of the molecule is Cc1cc(C)cc(N(C)C(CN)c2ccc(F)cc2)c1. The second kappa shape index (κ2) is 6.06. The number of nitrogens with two attached hydrogens (primary N) is 1. The minimum atomic E-state index is -0.224. The van der Waals surface area contributed by atoms with Crippen LogP contribution in [0.25, 0.3) is 0 Å².